The summed E-state index contributed by atoms with van der Waals surface area (Å²) in [5.74, 6) is 1.26. The number of aryl methyl sites for hydroxylation is 1. The monoisotopic (exact) mass is 431 g/mol. The number of rotatable bonds is 11. The van der Waals surface area contributed by atoms with Gasteiger partial charge < -0.3 is 9.47 Å². The third kappa shape index (κ3) is 6.94. The van der Waals surface area contributed by atoms with E-state index in [9.17, 15) is 4.79 Å². The van der Waals surface area contributed by atoms with Gasteiger partial charge in [-0.25, -0.2) is 9.78 Å². The Morgan fingerprint density at radius 3 is 2.19 bits per heavy atom. The first-order valence-corrected chi connectivity index (χ1v) is 11.6. The van der Waals surface area contributed by atoms with E-state index in [0.717, 1.165) is 29.7 Å². The van der Waals surface area contributed by atoms with Crippen LogP contribution in [0.2, 0.25) is 0 Å². The molecule has 0 bridgehead atoms. The molecule has 168 valence electrons. The second-order valence-electron chi connectivity index (χ2n) is 8.27. The zero-order valence-electron chi connectivity index (χ0n) is 19.3. The summed E-state index contributed by atoms with van der Waals surface area (Å²) in [6.07, 6.45) is 7.63. The molecule has 0 saturated carbocycles. The molecule has 1 unspecified atom stereocenters. The van der Waals surface area contributed by atoms with Crippen LogP contribution in [0.15, 0.2) is 66.9 Å². The number of nitrogens with zero attached hydrogens (tertiary/aromatic N) is 1. The zero-order chi connectivity index (χ0) is 22.8. The molecule has 1 atom stereocenters. The molecule has 0 aliphatic heterocycles. The van der Waals surface area contributed by atoms with E-state index in [2.05, 4.69) is 50.0 Å². The molecule has 0 spiro atoms. The molecule has 4 nitrogen and oxygen atoms in total. The van der Waals surface area contributed by atoms with Crippen molar-refractivity contribution in [2.75, 3.05) is 6.61 Å². The first kappa shape index (κ1) is 23.5. The van der Waals surface area contributed by atoms with Gasteiger partial charge in [0.2, 0.25) is 0 Å². The molecule has 3 rings (SSSR count). The van der Waals surface area contributed by atoms with Crippen LogP contribution in [0.4, 0.5) is 0 Å². The highest BCUT2D eigenvalue weighted by Gasteiger charge is 2.11. The Kier molecular flexibility index (Phi) is 8.85. The highest BCUT2D eigenvalue weighted by Crippen LogP contribution is 2.22. The molecule has 0 radical (unpaired) electrons. The SMILES string of the molecule is CCCCCc1ccc(-c2ccc(C(=O)Oc3ccc(OCC(C)CC)cc3)nc2)cc1. The number of hydrogen-bond donors (Lipinski definition) is 0. The fraction of sp³-hybridized carbons (Fsp3) is 0.357. The van der Waals surface area contributed by atoms with Crippen LogP contribution in [-0.4, -0.2) is 17.6 Å². The van der Waals surface area contributed by atoms with Crippen LogP contribution in [-0.2, 0) is 6.42 Å². The van der Waals surface area contributed by atoms with Gasteiger partial charge in [-0.3, -0.25) is 0 Å². The summed E-state index contributed by atoms with van der Waals surface area (Å²) < 4.78 is 11.2. The fourth-order valence-electron chi connectivity index (χ4n) is 3.25. The van der Waals surface area contributed by atoms with Crippen LogP contribution in [0.3, 0.4) is 0 Å². The van der Waals surface area contributed by atoms with Crippen LogP contribution in [0, 0.1) is 5.92 Å². The quantitative estimate of drug-likeness (QED) is 0.184. The molecular formula is C28H33NO3. The lowest BCUT2D eigenvalue weighted by atomic mass is 10.0. The summed E-state index contributed by atoms with van der Waals surface area (Å²) in [5, 5.41) is 0. The summed E-state index contributed by atoms with van der Waals surface area (Å²) in [6, 6.07) is 19.3. The van der Waals surface area contributed by atoms with E-state index in [0.29, 0.717) is 18.3 Å². The van der Waals surface area contributed by atoms with Crippen LogP contribution >= 0.6 is 0 Å². The van der Waals surface area contributed by atoms with Crippen LogP contribution in [0.5, 0.6) is 11.5 Å². The second-order valence-corrected chi connectivity index (χ2v) is 8.27. The van der Waals surface area contributed by atoms with E-state index in [1.165, 1.54) is 24.8 Å². The number of aromatic nitrogens is 1. The Hall–Kier alpha value is -3.14. The fourth-order valence-corrected chi connectivity index (χ4v) is 3.25. The van der Waals surface area contributed by atoms with Gasteiger partial charge >= 0.3 is 5.97 Å². The molecule has 1 heterocycles. The van der Waals surface area contributed by atoms with Crippen molar-refractivity contribution in [2.24, 2.45) is 5.92 Å². The lowest BCUT2D eigenvalue weighted by molar-refractivity contribution is 0.0728. The smallest absolute Gasteiger partial charge is 0.362 e. The number of benzene rings is 2. The molecule has 1 aromatic heterocycles. The summed E-state index contributed by atoms with van der Waals surface area (Å²) in [5.41, 5.74) is 3.70. The topological polar surface area (TPSA) is 48.4 Å². The molecule has 0 fully saturated rings. The third-order valence-corrected chi connectivity index (χ3v) is 5.59. The lowest BCUT2D eigenvalue weighted by Gasteiger charge is -2.11. The van der Waals surface area contributed by atoms with E-state index in [-0.39, 0.29) is 5.69 Å². The van der Waals surface area contributed by atoms with Gasteiger partial charge in [0, 0.05) is 11.8 Å². The van der Waals surface area contributed by atoms with E-state index < -0.39 is 5.97 Å². The molecular weight excluding hydrogens is 398 g/mol. The molecule has 2 aromatic carbocycles. The first-order chi connectivity index (χ1) is 15.6. The van der Waals surface area contributed by atoms with Crippen molar-refractivity contribution in [3.8, 4) is 22.6 Å². The Morgan fingerprint density at radius 1 is 0.875 bits per heavy atom. The Balaban J connectivity index is 1.55. The van der Waals surface area contributed by atoms with Crippen LogP contribution < -0.4 is 9.47 Å². The maximum Gasteiger partial charge on any atom is 0.362 e. The van der Waals surface area contributed by atoms with Gasteiger partial charge in [0.15, 0.2) is 0 Å². The number of pyridine rings is 1. The predicted molar refractivity (Wildman–Crippen MR) is 129 cm³/mol. The minimum atomic E-state index is -0.476. The zero-order valence-corrected chi connectivity index (χ0v) is 19.3. The van der Waals surface area contributed by atoms with Gasteiger partial charge in [0.1, 0.15) is 17.2 Å². The Bertz CT molecular complexity index is 963. The van der Waals surface area contributed by atoms with Gasteiger partial charge in [-0.2, -0.15) is 0 Å². The maximum absolute atomic E-state index is 12.5. The third-order valence-electron chi connectivity index (χ3n) is 5.59. The number of esters is 1. The van der Waals surface area contributed by atoms with Crippen molar-refractivity contribution >= 4 is 5.97 Å². The molecule has 4 heteroatoms. The number of carbonyl (C=O) groups excluding carboxylic acids is 1. The molecule has 0 saturated heterocycles. The largest absolute Gasteiger partial charge is 0.493 e. The number of unbranched alkanes of at least 4 members (excludes halogenated alkanes) is 2. The summed E-state index contributed by atoms with van der Waals surface area (Å²) in [7, 11) is 0. The minimum absolute atomic E-state index is 0.280. The molecule has 0 aliphatic rings. The summed E-state index contributed by atoms with van der Waals surface area (Å²) in [6.45, 7) is 7.18. The standard InChI is InChI=1S/C28H33NO3/c1-4-6-7-8-22-9-11-23(12-10-22)24-13-18-27(29-19-24)28(30)32-26-16-14-25(15-17-26)31-20-21(3)5-2/h9-19,21H,4-8,20H2,1-3H3. The maximum atomic E-state index is 12.5. The van der Waals surface area contributed by atoms with E-state index in [1.807, 2.05) is 18.2 Å². The molecule has 0 amide bonds. The minimum Gasteiger partial charge on any atom is -0.493 e. The van der Waals surface area contributed by atoms with Gasteiger partial charge in [0.05, 0.1) is 6.61 Å². The second kappa shape index (κ2) is 12.0. The number of hydrogen-bond acceptors (Lipinski definition) is 4. The Morgan fingerprint density at radius 2 is 1.56 bits per heavy atom. The average molecular weight is 432 g/mol. The van der Waals surface area contributed by atoms with Gasteiger partial charge in [0.25, 0.3) is 0 Å². The average Bonchev–Trinajstić information content (AvgIpc) is 2.84. The number of carbonyl (C=O) groups is 1. The van der Waals surface area contributed by atoms with Gasteiger partial charge in [-0.1, -0.05) is 70.4 Å². The molecule has 32 heavy (non-hydrogen) atoms. The van der Waals surface area contributed by atoms with Crippen molar-refractivity contribution in [3.63, 3.8) is 0 Å². The summed E-state index contributed by atoms with van der Waals surface area (Å²) >= 11 is 0. The van der Waals surface area contributed by atoms with E-state index in [4.69, 9.17) is 9.47 Å². The van der Waals surface area contributed by atoms with Crippen LogP contribution in [0.1, 0.15) is 62.5 Å². The normalized spacial score (nSPS) is 11.7. The van der Waals surface area contributed by atoms with E-state index in [1.54, 1.807) is 24.4 Å². The van der Waals surface area contributed by atoms with Gasteiger partial charge in [-0.15, -0.1) is 0 Å². The highest BCUT2D eigenvalue weighted by atomic mass is 16.5. The summed E-state index contributed by atoms with van der Waals surface area (Å²) in [4.78, 5) is 16.8. The number of ether oxygens (including phenoxy) is 2. The van der Waals surface area contributed by atoms with Crippen molar-refractivity contribution in [1.82, 2.24) is 4.98 Å². The van der Waals surface area contributed by atoms with Crippen molar-refractivity contribution in [2.45, 2.75) is 52.9 Å². The molecule has 0 N–H and O–H groups in total. The van der Waals surface area contributed by atoms with Crippen molar-refractivity contribution in [1.29, 1.82) is 0 Å². The van der Waals surface area contributed by atoms with E-state index >= 15 is 0 Å². The molecule has 3 aromatic rings. The van der Waals surface area contributed by atoms with Gasteiger partial charge in [-0.05, 0) is 60.2 Å². The first-order valence-electron chi connectivity index (χ1n) is 11.6. The van der Waals surface area contributed by atoms with Crippen molar-refractivity contribution in [3.05, 3.63) is 78.1 Å². The lowest BCUT2D eigenvalue weighted by Crippen LogP contribution is -2.10. The van der Waals surface area contributed by atoms with Crippen LogP contribution in [0.25, 0.3) is 11.1 Å². The Labute approximate surface area is 191 Å². The van der Waals surface area contributed by atoms with Crippen molar-refractivity contribution < 1.29 is 14.3 Å². The molecule has 0 aliphatic carbocycles. The predicted octanol–water partition coefficient (Wildman–Crippen LogP) is 7.13. The highest BCUT2D eigenvalue weighted by molar-refractivity contribution is 5.89.